The summed E-state index contributed by atoms with van der Waals surface area (Å²) in [5, 5.41) is 3.06. The number of hydrogen-bond donors (Lipinski definition) is 1. The van der Waals surface area contributed by atoms with Gasteiger partial charge >= 0.3 is 0 Å². The first-order chi connectivity index (χ1) is 9.93. The number of furan rings is 1. The summed E-state index contributed by atoms with van der Waals surface area (Å²) in [6.07, 6.45) is 6.92. The Kier molecular flexibility index (Phi) is 3.35. The lowest BCUT2D eigenvalue weighted by Gasteiger charge is -2.24. The zero-order valence-electron chi connectivity index (χ0n) is 12.7. The maximum Gasteiger partial charge on any atom is 0.254 e. The molecular formula is C16H21N3O2. The quantitative estimate of drug-likeness (QED) is 0.923. The van der Waals surface area contributed by atoms with E-state index >= 15 is 0 Å². The fourth-order valence-electron chi connectivity index (χ4n) is 2.59. The minimum atomic E-state index is -0.0756. The standard InChI is InChI=1S/C16H21N3O2/c1-16(2,3)13-9-19-8-12(4-5-14(19)18-13)17-15(20)11-6-7-21-10-11/h6-7,9-10,12H,4-5,8H2,1-3H3,(H,17,20)/t12-/m1/s1. The molecule has 5 nitrogen and oxygen atoms in total. The van der Waals surface area contributed by atoms with Gasteiger partial charge in [0.25, 0.3) is 5.91 Å². The molecule has 1 amide bonds. The van der Waals surface area contributed by atoms with Gasteiger partial charge in [-0.05, 0) is 12.5 Å². The van der Waals surface area contributed by atoms with Crippen molar-refractivity contribution in [3.05, 3.63) is 41.9 Å². The number of carbonyl (C=O) groups excluding carboxylic acids is 1. The van der Waals surface area contributed by atoms with Crippen LogP contribution in [-0.2, 0) is 18.4 Å². The third-order valence-corrected chi connectivity index (χ3v) is 3.88. The van der Waals surface area contributed by atoms with E-state index in [1.807, 2.05) is 0 Å². The molecule has 0 saturated heterocycles. The number of aromatic nitrogens is 2. The van der Waals surface area contributed by atoms with Crippen molar-refractivity contribution in [1.82, 2.24) is 14.9 Å². The van der Waals surface area contributed by atoms with Gasteiger partial charge < -0.3 is 14.3 Å². The van der Waals surface area contributed by atoms with Crippen molar-refractivity contribution in [3.8, 4) is 0 Å². The smallest absolute Gasteiger partial charge is 0.254 e. The number of fused-ring (bicyclic) bond motifs is 1. The first-order valence-electron chi connectivity index (χ1n) is 7.33. The fourth-order valence-corrected chi connectivity index (χ4v) is 2.59. The normalized spacial score (nSPS) is 18.3. The Hall–Kier alpha value is -2.04. The van der Waals surface area contributed by atoms with E-state index in [1.54, 1.807) is 6.07 Å². The highest BCUT2D eigenvalue weighted by Crippen LogP contribution is 2.24. The van der Waals surface area contributed by atoms with Gasteiger partial charge in [-0.3, -0.25) is 4.79 Å². The Morgan fingerprint density at radius 3 is 2.95 bits per heavy atom. The molecule has 0 aromatic carbocycles. The number of imidazole rings is 1. The van der Waals surface area contributed by atoms with E-state index in [9.17, 15) is 4.79 Å². The molecule has 0 bridgehead atoms. The highest BCUT2D eigenvalue weighted by atomic mass is 16.3. The molecule has 3 heterocycles. The molecule has 1 aliphatic heterocycles. The summed E-state index contributed by atoms with van der Waals surface area (Å²) in [6.45, 7) is 7.28. The molecule has 5 heteroatoms. The number of rotatable bonds is 2. The van der Waals surface area contributed by atoms with E-state index in [4.69, 9.17) is 9.40 Å². The maximum atomic E-state index is 12.1. The first-order valence-corrected chi connectivity index (χ1v) is 7.33. The molecule has 0 fully saturated rings. The van der Waals surface area contributed by atoms with Crippen LogP contribution in [0.1, 0.15) is 49.1 Å². The first kappa shape index (κ1) is 13.9. The molecule has 2 aromatic heterocycles. The fraction of sp³-hybridized carbons (Fsp3) is 0.500. The summed E-state index contributed by atoms with van der Waals surface area (Å²) in [4.78, 5) is 16.8. The van der Waals surface area contributed by atoms with E-state index in [-0.39, 0.29) is 17.4 Å². The number of amides is 1. The highest BCUT2D eigenvalue weighted by molar-refractivity contribution is 5.93. The lowest BCUT2D eigenvalue weighted by Crippen LogP contribution is -2.40. The van der Waals surface area contributed by atoms with Gasteiger partial charge in [0, 0.05) is 30.6 Å². The van der Waals surface area contributed by atoms with Crippen LogP contribution in [-0.4, -0.2) is 21.5 Å². The summed E-state index contributed by atoms with van der Waals surface area (Å²) >= 11 is 0. The molecule has 0 aliphatic carbocycles. The predicted molar refractivity (Wildman–Crippen MR) is 79.2 cm³/mol. The van der Waals surface area contributed by atoms with Crippen LogP contribution in [0.3, 0.4) is 0 Å². The lowest BCUT2D eigenvalue weighted by molar-refractivity contribution is 0.0927. The molecule has 2 aromatic rings. The Bertz CT molecular complexity index is 635. The summed E-state index contributed by atoms with van der Waals surface area (Å²) in [5.74, 6) is 1.04. The van der Waals surface area contributed by atoms with Gasteiger partial charge in [-0.2, -0.15) is 0 Å². The van der Waals surface area contributed by atoms with Crippen LogP contribution in [0.5, 0.6) is 0 Å². The molecule has 0 saturated carbocycles. The van der Waals surface area contributed by atoms with E-state index in [0.29, 0.717) is 5.56 Å². The predicted octanol–water partition coefficient (Wildman–Crippen LogP) is 2.52. The molecule has 1 aliphatic rings. The molecule has 1 N–H and O–H groups in total. The molecule has 0 unspecified atom stereocenters. The van der Waals surface area contributed by atoms with Crippen molar-refractivity contribution in [2.75, 3.05) is 0 Å². The molecule has 1 atom stereocenters. The summed E-state index contributed by atoms with van der Waals surface area (Å²) in [7, 11) is 0. The van der Waals surface area contributed by atoms with Crippen LogP contribution < -0.4 is 5.32 Å². The van der Waals surface area contributed by atoms with Gasteiger partial charge in [0.05, 0.1) is 17.5 Å². The minimum absolute atomic E-state index is 0.0554. The van der Waals surface area contributed by atoms with Crippen molar-refractivity contribution in [2.24, 2.45) is 0 Å². The van der Waals surface area contributed by atoms with Gasteiger partial charge in [-0.1, -0.05) is 20.8 Å². The Morgan fingerprint density at radius 1 is 1.48 bits per heavy atom. The molecule has 3 rings (SSSR count). The van der Waals surface area contributed by atoms with Gasteiger partial charge in [-0.25, -0.2) is 4.98 Å². The third-order valence-electron chi connectivity index (χ3n) is 3.88. The van der Waals surface area contributed by atoms with Gasteiger partial charge in [0.2, 0.25) is 0 Å². The molecule has 21 heavy (non-hydrogen) atoms. The van der Waals surface area contributed by atoms with Crippen molar-refractivity contribution in [3.63, 3.8) is 0 Å². The molecule has 0 radical (unpaired) electrons. The van der Waals surface area contributed by atoms with E-state index in [1.165, 1.54) is 12.5 Å². The lowest BCUT2D eigenvalue weighted by atomic mass is 9.93. The monoisotopic (exact) mass is 287 g/mol. The second-order valence-electron chi connectivity index (χ2n) is 6.67. The topological polar surface area (TPSA) is 60.1 Å². The van der Waals surface area contributed by atoms with Crippen molar-refractivity contribution >= 4 is 5.91 Å². The van der Waals surface area contributed by atoms with E-state index < -0.39 is 0 Å². The third kappa shape index (κ3) is 2.86. The molecule has 0 spiro atoms. The van der Waals surface area contributed by atoms with Crippen LogP contribution in [0.2, 0.25) is 0 Å². The van der Waals surface area contributed by atoms with Crippen LogP contribution in [0.25, 0.3) is 0 Å². The maximum absolute atomic E-state index is 12.1. The van der Waals surface area contributed by atoms with Crippen LogP contribution >= 0.6 is 0 Å². The number of carbonyl (C=O) groups is 1. The van der Waals surface area contributed by atoms with Gasteiger partial charge in [0.15, 0.2) is 0 Å². The minimum Gasteiger partial charge on any atom is -0.472 e. The molecular weight excluding hydrogens is 266 g/mol. The van der Waals surface area contributed by atoms with Crippen LogP contribution in [0.4, 0.5) is 0 Å². The summed E-state index contributed by atoms with van der Waals surface area (Å²) in [5.41, 5.74) is 1.74. The average molecular weight is 287 g/mol. The van der Waals surface area contributed by atoms with E-state index in [2.05, 4.69) is 36.9 Å². The SMILES string of the molecule is CC(C)(C)c1cn2c(n1)CC[C@@H](NC(=O)c1ccoc1)C2. The number of nitrogens with one attached hydrogen (secondary N) is 1. The highest BCUT2D eigenvalue weighted by Gasteiger charge is 2.25. The Balaban J connectivity index is 1.70. The van der Waals surface area contributed by atoms with Crippen molar-refractivity contribution < 1.29 is 9.21 Å². The number of aryl methyl sites for hydroxylation is 1. The summed E-state index contributed by atoms with van der Waals surface area (Å²) in [6, 6.07) is 1.82. The Labute approximate surface area is 124 Å². The van der Waals surface area contributed by atoms with Gasteiger partial charge in [-0.15, -0.1) is 0 Å². The van der Waals surface area contributed by atoms with Gasteiger partial charge in [0.1, 0.15) is 12.1 Å². The second-order valence-corrected chi connectivity index (χ2v) is 6.67. The molecule has 112 valence electrons. The Morgan fingerprint density at radius 2 is 2.29 bits per heavy atom. The summed E-state index contributed by atoms with van der Waals surface area (Å²) < 4.78 is 7.12. The zero-order valence-corrected chi connectivity index (χ0v) is 12.7. The van der Waals surface area contributed by atoms with Crippen LogP contribution in [0, 0.1) is 0 Å². The average Bonchev–Trinajstić information content (AvgIpc) is 3.06. The zero-order chi connectivity index (χ0) is 15.0. The van der Waals surface area contributed by atoms with Crippen molar-refractivity contribution in [2.45, 2.75) is 51.6 Å². The second kappa shape index (κ2) is 5.06. The van der Waals surface area contributed by atoms with E-state index in [0.717, 1.165) is 30.9 Å². The van der Waals surface area contributed by atoms with Crippen LogP contribution in [0.15, 0.2) is 29.2 Å². The van der Waals surface area contributed by atoms with Crippen molar-refractivity contribution in [1.29, 1.82) is 0 Å². The largest absolute Gasteiger partial charge is 0.472 e. The number of hydrogen-bond acceptors (Lipinski definition) is 3. The number of nitrogens with zero attached hydrogens (tertiary/aromatic N) is 2.